The Balaban J connectivity index is 1.50. The SMILES string of the molecule is Cc1ccc(S(=O)(=O)NC(Cc2ccccc2)C(=O)NCc2ccc3c(c2)OCO3)cc1. The second kappa shape index (κ2) is 9.42. The lowest BCUT2D eigenvalue weighted by Gasteiger charge is -2.19. The van der Waals surface area contributed by atoms with Crippen LogP contribution in [-0.2, 0) is 27.8 Å². The molecule has 0 radical (unpaired) electrons. The Kier molecular flexibility index (Phi) is 6.43. The van der Waals surface area contributed by atoms with Gasteiger partial charge in [-0.15, -0.1) is 0 Å². The van der Waals surface area contributed by atoms with Crippen molar-refractivity contribution in [2.75, 3.05) is 6.79 Å². The number of nitrogens with one attached hydrogen (secondary N) is 2. The van der Waals surface area contributed by atoms with E-state index < -0.39 is 22.0 Å². The van der Waals surface area contributed by atoms with Crippen molar-refractivity contribution in [2.45, 2.75) is 30.8 Å². The molecule has 0 spiro atoms. The van der Waals surface area contributed by atoms with Crippen LogP contribution in [0.15, 0.2) is 77.7 Å². The fraction of sp³-hybridized carbons (Fsp3) is 0.208. The molecule has 0 fully saturated rings. The predicted molar refractivity (Wildman–Crippen MR) is 120 cm³/mol. The molecular formula is C24H24N2O5S. The molecule has 166 valence electrons. The lowest BCUT2D eigenvalue weighted by Crippen LogP contribution is -2.47. The average molecular weight is 453 g/mol. The second-order valence-corrected chi connectivity index (χ2v) is 9.30. The third kappa shape index (κ3) is 5.27. The molecule has 3 aromatic carbocycles. The first-order valence-electron chi connectivity index (χ1n) is 10.2. The molecular weight excluding hydrogens is 428 g/mol. The van der Waals surface area contributed by atoms with Crippen LogP contribution in [-0.4, -0.2) is 27.2 Å². The van der Waals surface area contributed by atoms with Gasteiger partial charge in [0.05, 0.1) is 4.90 Å². The van der Waals surface area contributed by atoms with Crippen LogP contribution >= 0.6 is 0 Å². The highest BCUT2D eigenvalue weighted by molar-refractivity contribution is 7.89. The topological polar surface area (TPSA) is 93.7 Å². The zero-order valence-corrected chi connectivity index (χ0v) is 18.4. The predicted octanol–water partition coefficient (Wildman–Crippen LogP) is 2.93. The van der Waals surface area contributed by atoms with Crippen molar-refractivity contribution in [1.29, 1.82) is 0 Å². The maximum atomic E-state index is 13.0. The highest BCUT2D eigenvalue weighted by atomic mass is 32.2. The standard InChI is InChI=1S/C24H24N2O5S/c1-17-7-10-20(11-8-17)32(28,29)26-21(13-18-5-3-2-4-6-18)24(27)25-15-19-9-12-22-23(14-19)31-16-30-22/h2-12,14,21,26H,13,15-16H2,1H3,(H,25,27). The van der Waals surface area contributed by atoms with Crippen molar-refractivity contribution in [3.05, 3.63) is 89.5 Å². The molecule has 1 aliphatic rings. The van der Waals surface area contributed by atoms with Crippen molar-refractivity contribution >= 4 is 15.9 Å². The van der Waals surface area contributed by atoms with E-state index >= 15 is 0 Å². The van der Waals surface area contributed by atoms with Gasteiger partial charge in [-0.1, -0.05) is 54.1 Å². The summed E-state index contributed by atoms with van der Waals surface area (Å²) >= 11 is 0. The van der Waals surface area contributed by atoms with Crippen LogP contribution in [0.5, 0.6) is 11.5 Å². The lowest BCUT2D eigenvalue weighted by atomic mass is 10.1. The fourth-order valence-electron chi connectivity index (χ4n) is 3.37. The molecule has 0 aromatic heterocycles. The van der Waals surface area contributed by atoms with Crippen molar-refractivity contribution in [3.63, 3.8) is 0 Å². The molecule has 7 nitrogen and oxygen atoms in total. The maximum absolute atomic E-state index is 13.0. The summed E-state index contributed by atoms with van der Waals surface area (Å²) in [7, 11) is -3.88. The number of hydrogen-bond acceptors (Lipinski definition) is 5. The Bertz CT molecular complexity index is 1190. The van der Waals surface area contributed by atoms with Crippen molar-refractivity contribution in [1.82, 2.24) is 10.0 Å². The zero-order chi connectivity index (χ0) is 22.6. The van der Waals surface area contributed by atoms with E-state index in [1.54, 1.807) is 24.3 Å². The van der Waals surface area contributed by atoms with E-state index in [1.807, 2.05) is 43.3 Å². The van der Waals surface area contributed by atoms with Crippen LogP contribution in [0.25, 0.3) is 0 Å². The van der Waals surface area contributed by atoms with Gasteiger partial charge in [0.1, 0.15) is 6.04 Å². The number of hydrogen-bond donors (Lipinski definition) is 2. The highest BCUT2D eigenvalue weighted by Crippen LogP contribution is 2.32. The van der Waals surface area contributed by atoms with E-state index in [0.717, 1.165) is 16.7 Å². The van der Waals surface area contributed by atoms with Gasteiger partial charge in [0.25, 0.3) is 0 Å². The molecule has 3 aromatic rings. The summed E-state index contributed by atoms with van der Waals surface area (Å²) in [6, 6.07) is 20.2. The molecule has 0 aliphatic carbocycles. The molecule has 32 heavy (non-hydrogen) atoms. The minimum atomic E-state index is -3.88. The molecule has 1 atom stereocenters. The monoisotopic (exact) mass is 452 g/mol. The van der Waals surface area contributed by atoms with E-state index in [9.17, 15) is 13.2 Å². The zero-order valence-electron chi connectivity index (χ0n) is 17.6. The Morgan fingerprint density at radius 2 is 1.66 bits per heavy atom. The van der Waals surface area contributed by atoms with Gasteiger partial charge in [-0.25, -0.2) is 8.42 Å². The van der Waals surface area contributed by atoms with Crippen molar-refractivity contribution in [2.24, 2.45) is 0 Å². The summed E-state index contributed by atoms with van der Waals surface area (Å²) < 4.78 is 39.1. The quantitative estimate of drug-likeness (QED) is 0.548. The summed E-state index contributed by atoms with van der Waals surface area (Å²) in [6.45, 7) is 2.28. The number of amides is 1. The van der Waals surface area contributed by atoms with E-state index in [4.69, 9.17) is 9.47 Å². The third-order valence-electron chi connectivity index (χ3n) is 5.13. The second-order valence-electron chi connectivity index (χ2n) is 7.58. The third-order valence-corrected chi connectivity index (χ3v) is 6.62. The summed E-state index contributed by atoms with van der Waals surface area (Å²) in [5.41, 5.74) is 2.62. The molecule has 1 heterocycles. The van der Waals surface area contributed by atoms with Crippen LogP contribution in [0.1, 0.15) is 16.7 Å². The summed E-state index contributed by atoms with van der Waals surface area (Å²) in [5.74, 6) is 0.868. The Hall–Kier alpha value is -3.36. The summed E-state index contributed by atoms with van der Waals surface area (Å²) in [6.07, 6.45) is 0.221. The maximum Gasteiger partial charge on any atom is 0.241 e. The number of rotatable bonds is 8. The Labute approximate surface area is 187 Å². The smallest absolute Gasteiger partial charge is 0.241 e. The number of carbonyl (C=O) groups is 1. The molecule has 0 saturated carbocycles. The van der Waals surface area contributed by atoms with Crippen LogP contribution in [0, 0.1) is 6.92 Å². The minimum absolute atomic E-state index is 0.115. The number of carbonyl (C=O) groups excluding carboxylic acids is 1. The number of fused-ring (bicyclic) bond motifs is 1. The molecule has 0 saturated heterocycles. The van der Waals surface area contributed by atoms with E-state index in [2.05, 4.69) is 10.0 Å². The summed E-state index contributed by atoms with van der Waals surface area (Å²) in [5, 5.41) is 2.83. The Morgan fingerprint density at radius 1 is 0.938 bits per heavy atom. The Morgan fingerprint density at radius 3 is 2.41 bits per heavy atom. The largest absolute Gasteiger partial charge is 0.454 e. The van der Waals surface area contributed by atoms with Gasteiger partial charge in [-0.3, -0.25) is 4.79 Å². The molecule has 2 N–H and O–H groups in total. The van der Waals surface area contributed by atoms with Crippen molar-refractivity contribution < 1.29 is 22.7 Å². The van der Waals surface area contributed by atoms with Gasteiger partial charge in [0.2, 0.25) is 22.7 Å². The van der Waals surface area contributed by atoms with E-state index in [1.165, 1.54) is 12.1 Å². The van der Waals surface area contributed by atoms with Crippen molar-refractivity contribution in [3.8, 4) is 11.5 Å². The van der Waals surface area contributed by atoms with Crippen LogP contribution in [0.4, 0.5) is 0 Å². The number of benzene rings is 3. The van der Waals surface area contributed by atoms with Gasteiger partial charge in [0.15, 0.2) is 11.5 Å². The number of sulfonamides is 1. The van der Waals surface area contributed by atoms with Gasteiger partial charge in [-0.2, -0.15) is 4.72 Å². The first-order chi connectivity index (χ1) is 15.4. The molecule has 8 heteroatoms. The van der Waals surface area contributed by atoms with Gasteiger partial charge in [0, 0.05) is 6.54 Å². The number of aryl methyl sites for hydroxylation is 1. The molecule has 4 rings (SSSR count). The first-order valence-corrected chi connectivity index (χ1v) is 11.7. The number of ether oxygens (including phenoxy) is 2. The normalized spacial score (nSPS) is 13.5. The van der Waals surface area contributed by atoms with E-state index in [0.29, 0.717) is 11.5 Å². The first kappa shape index (κ1) is 21.9. The molecule has 0 bridgehead atoms. The van der Waals surface area contributed by atoms with Gasteiger partial charge < -0.3 is 14.8 Å². The van der Waals surface area contributed by atoms with Gasteiger partial charge in [-0.05, 0) is 48.7 Å². The summed E-state index contributed by atoms with van der Waals surface area (Å²) in [4.78, 5) is 13.1. The highest BCUT2D eigenvalue weighted by Gasteiger charge is 2.26. The van der Waals surface area contributed by atoms with Gasteiger partial charge >= 0.3 is 0 Å². The molecule has 1 unspecified atom stereocenters. The minimum Gasteiger partial charge on any atom is -0.454 e. The van der Waals surface area contributed by atoms with Crippen LogP contribution in [0.3, 0.4) is 0 Å². The van der Waals surface area contributed by atoms with Crippen LogP contribution in [0.2, 0.25) is 0 Å². The van der Waals surface area contributed by atoms with E-state index in [-0.39, 0.29) is 24.7 Å². The average Bonchev–Trinajstić information content (AvgIpc) is 3.26. The van der Waals surface area contributed by atoms with Crippen LogP contribution < -0.4 is 19.5 Å². The molecule has 1 amide bonds. The fourth-order valence-corrected chi connectivity index (χ4v) is 4.57. The lowest BCUT2D eigenvalue weighted by molar-refractivity contribution is -0.122. The molecule has 1 aliphatic heterocycles.